The van der Waals surface area contributed by atoms with E-state index in [0.29, 0.717) is 17.7 Å². The number of nitrogens with one attached hydrogen (secondary N) is 3. The van der Waals surface area contributed by atoms with Crippen LogP contribution in [0.25, 0.3) is 0 Å². The van der Waals surface area contributed by atoms with Crippen molar-refractivity contribution in [2.24, 2.45) is 5.84 Å². The summed E-state index contributed by atoms with van der Waals surface area (Å²) in [5.41, 5.74) is 6.10. The Kier molecular flexibility index (Phi) is 6.14. The zero-order chi connectivity index (χ0) is 22.5. The summed E-state index contributed by atoms with van der Waals surface area (Å²) < 4.78 is 0. The number of nitrogens with zero attached hydrogens (tertiary/aromatic N) is 1. The Balaban J connectivity index is 1.41. The van der Waals surface area contributed by atoms with Gasteiger partial charge in [0.15, 0.2) is 0 Å². The highest BCUT2D eigenvalue weighted by Gasteiger charge is 2.37. The van der Waals surface area contributed by atoms with Crippen molar-refractivity contribution in [3.8, 4) is 0 Å². The molecule has 8 heteroatoms. The maximum atomic E-state index is 12.8. The van der Waals surface area contributed by atoms with Gasteiger partial charge in [-0.25, -0.2) is 4.79 Å². The molecule has 5 N–H and O–H groups in total. The molecule has 3 aromatic rings. The van der Waals surface area contributed by atoms with Crippen LogP contribution in [0.3, 0.4) is 0 Å². The van der Waals surface area contributed by atoms with Gasteiger partial charge < -0.3 is 16.1 Å². The number of hydrazine groups is 1. The monoisotopic (exact) mass is 429 g/mol. The molecule has 0 saturated carbocycles. The SMILES string of the molecule is NNc1ccc(CC2NC(=O)N(Cc3cccc(NC(=O)c4ccccc4)c3)C2=O)cc1. The second-order valence-electron chi connectivity index (χ2n) is 7.49. The Hall–Kier alpha value is -4.17. The van der Waals surface area contributed by atoms with E-state index >= 15 is 0 Å². The van der Waals surface area contributed by atoms with E-state index in [9.17, 15) is 14.4 Å². The van der Waals surface area contributed by atoms with Gasteiger partial charge in [0.1, 0.15) is 6.04 Å². The van der Waals surface area contributed by atoms with Crippen LogP contribution in [0.1, 0.15) is 21.5 Å². The minimum atomic E-state index is -0.625. The van der Waals surface area contributed by atoms with Crippen LogP contribution < -0.4 is 21.9 Å². The summed E-state index contributed by atoms with van der Waals surface area (Å²) in [4.78, 5) is 38.8. The van der Waals surface area contributed by atoms with E-state index in [4.69, 9.17) is 5.84 Å². The predicted octanol–water partition coefficient (Wildman–Crippen LogP) is 2.89. The van der Waals surface area contributed by atoms with Crippen molar-refractivity contribution in [1.82, 2.24) is 10.2 Å². The van der Waals surface area contributed by atoms with E-state index in [1.807, 2.05) is 36.4 Å². The van der Waals surface area contributed by atoms with E-state index in [1.165, 1.54) is 4.90 Å². The molecule has 1 fully saturated rings. The molecule has 162 valence electrons. The molecule has 8 nitrogen and oxygen atoms in total. The van der Waals surface area contributed by atoms with Crippen LogP contribution >= 0.6 is 0 Å². The van der Waals surface area contributed by atoms with Crippen LogP contribution in [0.4, 0.5) is 16.2 Å². The van der Waals surface area contributed by atoms with Gasteiger partial charge in [0, 0.05) is 23.4 Å². The Bertz CT molecular complexity index is 1130. The van der Waals surface area contributed by atoms with Crippen LogP contribution in [0.2, 0.25) is 0 Å². The minimum absolute atomic E-state index is 0.117. The van der Waals surface area contributed by atoms with Gasteiger partial charge in [-0.15, -0.1) is 0 Å². The van der Waals surface area contributed by atoms with E-state index in [-0.39, 0.29) is 18.4 Å². The van der Waals surface area contributed by atoms with Gasteiger partial charge >= 0.3 is 6.03 Å². The first-order chi connectivity index (χ1) is 15.5. The molecule has 1 unspecified atom stereocenters. The number of amides is 4. The zero-order valence-electron chi connectivity index (χ0n) is 17.2. The molecular formula is C24H23N5O3. The van der Waals surface area contributed by atoms with Crippen molar-refractivity contribution in [3.05, 3.63) is 95.6 Å². The number of hydrogen-bond donors (Lipinski definition) is 4. The third-order valence-electron chi connectivity index (χ3n) is 5.23. The van der Waals surface area contributed by atoms with Gasteiger partial charge in [0.05, 0.1) is 6.54 Å². The number of carbonyl (C=O) groups excluding carboxylic acids is 3. The maximum Gasteiger partial charge on any atom is 0.325 e. The highest BCUT2D eigenvalue weighted by Crippen LogP contribution is 2.19. The molecule has 0 radical (unpaired) electrons. The molecule has 4 rings (SSSR count). The molecule has 1 aliphatic heterocycles. The van der Waals surface area contributed by atoms with Crippen molar-refractivity contribution in [2.75, 3.05) is 10.7 Å². The molecular weight excluding hydrogens is 406 g/mol. The summed E-state index contributed by atoms with van der Waals surface area (Å²) >= 11 is 0. The summed E-state index contributed by atoms with van der Waals surface area (Å²) in [6.45, 7) is 0.117. The van der Waals surface area contributed by atoms with Crippen LogP contribution in [-0.4, -0.2) is 28.8 Å². The number of urea groups is 1. The third-order valence-corrected chi connectivity index (χ3v) is 5.23. The molecule has 1 atom stereocenters. The first-order valence-corrected chi connectivity index (χ1v) is 10.2. The van der Waals surface area contributed by atoms with Crippen LogP contribution in [0, 0.1) is 0 Å². The number of imide groups is 1. The molecule has 0 aliphatic carbocycles. The molecule has 1 aliphatic rings. The number of nitrogen functional groups attached to an aromatic ring is 1. The molecule has 0 spiro atoms. The lowest BCUT2D eigenvalue weighted by molar-refractivity contribution is -0.127. The molecule has 32 heavy (non-hydrogen) atoms. The number of nitrogens with two attached hydrogens (primary N) is 1. The Morgan fingerprint density at radius 2 is 1.66 bits per heavy atom. The highest BCUT2D eigenvalue weighted by atomic mass is 16.2. The second kappa shape index (κ2) is 9.32. The molecule has 1 heterocycles. The van der Waals surface area contributed by atoms with E-state index in [1.54, 1.807) is 42.5 Å². The quantitative estimate of drug-likeness (QED) is 0.262. The molecule has 3 aromatic carbocycles. The van der Waals surface area contributed by atoms with Crippen LogP contribution in [0.5, 0.6) is 0 Å². The third kappa shape index (κ3) is 4.76. The lowest BCUT2D eigenvalue weighted by Crippen LogP contribution is -2.32. The minimum Gasteiger partial charge on any atom is -0.325 e. The molecule has 0 bridgehead atoms. The molecule has 4 amide bonds. The Labute approximate surface area is 185 Å². The normalized spacial score (nSPS) is 15.4. The highest BCUT2D eigenvalue weighted by molar-refractivity contribution is 6.05. The fourth-order valence-corrected chi connectivity index (χ4v) is 3.56. The second-order valence-corrected chi connectivity index (χ2v) is 7.49. The predicted molar refractivity (Wildman–Crippen MR) is 122 cm³/mol. The van der Waals surface area contributed by atoms with Crippen LogP contribution in [0.15, 0.2) is 78.9 Å². The summed E-state index contributed by atoms with van der Waals surface area (Å²) in [6.07, 6.45) is 0.388. The Morgan fingerprint density at radius 3 is 2.38 bits per heavy atom. The van der Waals surface area contributed by atoms with E-state index < -0.39 is 12.1 Å². The summed E-state index contributed by atoms with van der Waals surface area (Å²) in [5.74, 6) is 4.86. The number of rotatable bonds is 7. The van der Waals surface area contributed by atoms with Crippen molar-refractivity contribution in [1.29, 1.82) is 0 Å². The van der Waals surface area contributed by atoms with Gasteiger partial charge in [-0.05, 0) is 47.5 Å². The largest absolute Gasteiger partial charge is 0.325 e. The fourth-order valence-electron chi connectivity index (χ4n) is 3.56. The standard InChI is InChI=1S/C24H23N5O3/c25-28-19-11-9-16(10-12-19)14-21-23(31)29(24(32)27-21)15-17-5-4-8-20(13-17)26-22(30)18-6-2-1-3-7-18/h1-13,21,28H,14-15,25H2,(H,26,30)(H,27,32). The summed E-state index contributed by atoms with van der Waals surface area (Å²) in [5, 5.41) is 5.59. The Morgan fingerprint density at radius 1 is 0.906 bits per heavy atom. The van der Waals surface area contributed by atoms with E-state index in [0.717, 1.165) is 16.8 Å². The topological polar surface area (TPSA) is 117 Å². The van der Waals surface area contributed by atoms with Crippen molar-refractivity contribution in [3.63, 3.8) is 0 Å². The van der Waals surface area contributed by atoms with Crippen molar-refractivity contribution >= 4 is 29.2 Å². The average Bonchev–Trinajstić information content (AvgIpc) is 3.07. The fraction of sp³-hybridized carbons (Fsp3) is 0.125. The molecule has 1 saturated heterocycles. The summed E-state index contributed by atoms with van der Waals surface area (Å²) in [6, 6.07) is 22.3. The van der Waals surface area contributed by atoms with Crippen molar-refractivity contribution < 1.29 is 14.4 Å². The van der Waals surface area contributed by atoms with Gasteiger partial charge in [0.2, 0.25) is 0 Å². The number of carbonyl (C=O) groups is 3. The van der Waals surface area contributed by atoms with Gasteiger partial charge in [0.25, 0.3) is 11.8 Å². The number of anilines is 2. The van der Waals surface area contributed by atoms with Crippen molar-refractivity contribution in [2.45, 2.75) is 19.0 Å². The lowest BCUT2D eigenvalue weighted by atomic mass is 10.1. The average molecular weight is 429 g/mol. The number of benzene rings is 3. The van der Waals surface area contributed by atoms with Crippen LogP contribution in [-0.2, 0) is 17.8 Å². The number of hydrogen-bond acceptors (Lipinski definition) is 5. The first kappa shape index (κ1) is 21.1. The maximum absolute atomic E-state index is 12.8. The molecule has 0 aromatic heterocycles. The van der Waals surface area contributed by atoms with Gasteiger partial charge in [-0.2, -0.15) is 0 Å². The van der Waals surface area contributed by atoms with E-state index in [2.05, 4.69) is 16.1 Å². The smallest absolute Gasteiger partial charge is 0.325 e. The first-order valence-electron chi connectivity index (χ1n) is 10.2. The van der Waals surface area contributed by atoms with Gasteiger partial charge in [-0.3, -0.25) is 20.3 Å². The summed E-state index contributed by atoms with van der Waals surface area (Å²) in [7, 11) is 0. The van der Waals surface area contributed by atoms with Gasteiger partial charge in [-0.1, -0.05) is 42.5 Å². The lowest BCUT2D eigenvalue weighted by Gasteiger charge is -2.14. The zero-order valence-corrected chi connectivity index (χ0v) is 17.2.